The van der Waals surface area contributed by atoms with Gasteiger partial charge in [0.1, 0.15) is 16.6 Å². The van der Waals surface area contributed by atoms with Gasteiger partial charge in [-0.1, -0.05) is 42.5 Å². The van der Waals surface area contributed by atoms with Crippen molar-refractivity contribution < 1.29 is 17.6 Å². The van der Waals surface area contributed by atoms with Crippen molar-refractivity contribution in [1.29, 1.82) is 0 Å². The van der Waals surface area contributed by atoms with Gasteiger partial charge in [-0.2, -0.15) is 0 Å². The molecule has 2 aromatic carbocycles. The topological polar surface area (TPSA) is 66.5 Å². The zero-order valence-corrected chi connectivity index (χ0v) is 17.8. The first kappa shape index (κ1) is 20.6. The molecule has 30 heavy (non-hydrogen) atoms. The van der Waals surface area contributed by atoms with Crippen LogP contribution >= 0.6 is 11.3 Å². The second-order valence-electron chi connectivity index (χ2n) is 7.11. The number of rotatable bonds is 6. The molecule has 1 aliphatic rings. The molecular formula is C22H21FN2O3S2. The number of halogens is 1. The fourth-order valence-corrected chi connectivity index (χ4v) is 6.28. The van der Waals surface area contributed by atoms with Crippen LogP contribution in [0.3, 0.4) is 0 Å². The Kier molecular flexibility index (Phi) is 5.87. The molecule has 1 atom stereocenters. The summed E-state index contributed by atoms with van der Waals surface area (Å²) >= 11 is 1.03. The van der Waals surface area contributed by atoms with Gasteiger partial charge in [-0.25, -0.2) is 12.8 Å². The Labute approximate surface area is 179 Å². The highest BCUT2D eigenvalue weighted by molar-refractivity contribution is 7.94. The lowest BCUT2D eigenvalue weighted by Gasteiger charge is -2.28. The van der Waals surface area contributed by atoms with E-state index in [0.717, 1.165) is 40.5 Å². The molecule has 3 aromatic rings. The van der Waals surface area contributed by atoms with Gasteiger partial charge in [0.2, 0.25) is 5.91 Å². The number of carbonyl (C=O) groups excluding carboxylic acids is 1. The highest BCUT2D eigenvalue weighted by atomic mass is 32.2. The van der Waals surface area contributed by atoms with E-state index in [2.05, 4.69) is 5.32 Å². The second kappa shape index (κ2) is 8.57. The number of benzene rings is 2. The maximum absolute atomic E-state index is 14.5. The molecule has 0 unspecified atom stereocenters. The molecular weight excluding hydrogens is 423 g/mol. The van der Waals surface area contributed by atoms with Crippen molar-refractivity contribution in [1.82, 2.24) is 5.32 Å². The standard InChI is InChI=1S/C22H21FN2O3S2/c23-18-10-3-4-12-20(18)25(30(27,28)22-13-6-14-29-22)15-21(26)24-19-11-5-8-16-7-1-2-9-17(16)19/h1-4,6-7,9-10,12-14,19H,5,8,11,15H2,(H,24,26)/t19-/m1/s1. The third-order valence-electron chi connectivity index (χ3n) is 5.15. The summed E-state index contributed by atoms with van der Waals surface area (Å²) in [4.78, 5) is 12.9. The Bertz CT molecular complexity index is 1150. The monoisotopic (exact) mass is 444 g/mol. The van der Waals surface area contributed by atoms with Gasteiger partial charge in [0.05, 0.1) is 11.7 Å². The van der Waals surface area contributed by atoms with Crippen molar-refractivity contribution >= 4 is 33.0 Å². The molecule has 8 heteroatoms. The SMILES string of the molecule is O=C(CN(c1ccccc1F)S(=O)(=O)c1cccs1)N[C@@H]1CCCc2ccccc21. The summed E-state index contributed by atoms with van der Waals surface area (Å²) in [7, 11) is -4.08. The highest BCUT2D eigenvalue weighted by Crippen LogP contribution is 2.31. The van der Waals surface area contributed by atoms with E-state index >= 15 is 0 Å². The van der Waals surface area contributed by atoms with E-state index in [-0.39, 0.29) is 15.9 Å². The average molecular weight is 445 g/mol. The average Bonchev–Trinajstić information content (AvgIpc) is 3.29. The van der Waals surface area contributed by atoms with E-state index in [4.69, 9.17) is 0 Å². The predicted octanol–water partition coefficient (Wildman–Crippen LogP) is 4.28. The van der Waals surface area contributed by atoms with Crippen molar-refractivity contribution in [2.75, 3.05) is 10.8 Å². The zero-order valence-electron chi connectivity index (χ0n) is 16.1. The number of fused-ring (bicyclic) bond motifs is 1. The van der Waals surface area contributed by atoms with Crippen LogP contribution in [-0.4, -0.2) is 20.9 Å². The third kappa shape index (κ3) is 4.11. The van der Waals surface area contributed by atoms with Gasteiger partial charge in [-0.15, -0.1) is 11.3 Å². The fraction of sp³-hybridized carbons (Fsp3) is 0.227. The maximum atomic E-state index is 14.5. The van der Waals surface area contributed by atoms with Crippen molar-refractivity contribution in [3.63, 3.8) is 0 Å². The predicted molar refractivity (Wildman–Crippen MR) is 116 cm³/mol. The quantitative estimate of drug-likeness (QED) is 0.617. The first-order valence-corrected chi connectivity index (χ1v) is 12.0. The number of amides is 1. The molecule has 1 N–H and O–H groups in total. The number of carbonyl (C=O) groups is 1. The molecule has 1 aliphatic carbocycles. The normalized spacial score (nSPS) is 16.0. The van der Waals surface area contributed by atoms with Gasteiger partial charge in [0.25, 0.3) is 10.0 Å². The lowest BCUT2D eigenvalue weighted by atomic mass is 9.88. The largest absolute Gasteiger partial charge is 0.348 e. The number of anilines is 1. The minimum atomic E-state index is -4.08. The number of thiophene rings is 1. The molecule has 0 radical (unpaired) electrons. The Hall–Kier alpha value is -2.71. The number of nitrogens with zero attached hydrogens (tertiary/aromatic N) is 1. The van der Waals surface area contributed by atoms with E-state index in [1.165, 1.54) is 29.8 Å². The third-order valence-corrected chi connectivity index (χ3v) is 8.29. The van der Waals surface area contributed by atoms with Crippen molar-refractivity contribution in [2.45, 2.75) is 29.5 Å². The number of hydrogen-bond acceptors (Lipinski definition) is 4. The van der Waals surface area contributed by atoms with Crippen LogP contribution in [0.1, 0.15) is 30.0 Å². The lowest BCUT2D eigenvalue weighted by Crippen LogP contribution is -2.42. The molecule has 0 spiro atoms. The molecule has 156 valence electrons. The van der Waals surface area contributed by atoms with Crippen molar-refractivity contribution in [3.8, 4) is 0 Å². The van der Waals surface area contributed by atoms with E-state index in [1.807, 2.05) is 24.3 Å². The highest BCUT2D eigenvalue weighted by Gasteiger charge is 2.31. The molecule has 1 heterocycles. The van der Waals surface area contributed by atoms with Gasteiger partial charge in [0, 0.05) is 0 Å². The van der Waals surface area contributed by atoms with Gasteiger partial charge in [-0.05, 0) is 54.0 Å². The molecule has 4 rings (SSSR count). The Morgan fingerprint density at radius 3 is 2.63 bits per heavy atom. The van der Waals surface area contributed by atoms with E-state index in [9.17, 15) is 17.6 Å². The lowest BCUT2D eigenvalue weighted by molar-refractivity contribution is -0.120. The molecule has 0 bridgehead atoms. The summed E-state index contributed by atoms with van der Waals surface area (Å²) in [6.45, 7) is -0.500. The van der Waals surface area contributed by atoms with Crippen LogP contribution in [0.15, 0.2) is 70.3 Å². The van der Waals surface area contributed by atoms with Crippen LogP contribution < -0.4 is 9.62 Å². The number of hydrogen-bond donors (Lipinski definition) is 1. The molecule has 1 amide bonds. The summed E-state index contributed by atoms with van der Waals surface area (Å²) in [5.41, 5.74) is 2.09. The molecule has 0 aliphatic heterocycles. The summed E-state index contributed by atoms with van der Waals surface area (Å²) in [6, 6.07) is 16.4. The minimum Gasteiger partial charge on any atom is -0.348 e. The summed E-state index contributed by atoms with van der Waals surface area (Å²) in [5.74, 6) is -1.17. The molecule has 0 saturated carbocycles. The van der Waals surface area contributed by atoms with Gasteiger partial charge >= 0.3 is 0 Å². The Morgan fingerprint density at radius 2 is 1.87 bits per heavy atom. The van der Waals surface area contributed by atoms with Gasteiger partial charge in [0.15, 0.2) is 0 Å². The Morgan fingerprint density at radius 1 is 1.10 bits per heavy atom. The number of aryl methyl sites for hydroxylation is 1. The Balaban J connectivity index is 1.62. The molecule has 5 nitrogen and oxygen atoms in total. The first-order chi connectivity index (χ1) is 14.5. The van der Waals surface area contributed by atoms with Crippen LogP contribution in [0.4, 0.5) is 10.1 Å². The van der Waals surface area contributed by atoms with Gasteiger partial charge < -0.3 is 5.32 Å². The second-order valence-corrected chi connectivity index (χ2v) is 10.1. The molecule has 0 saturated heterocycles. The molecule has 1 aromatic heterocycles. The first-order valence-electron chi connectivity index (χ1n) is 9.65. The van der Waals surface area contributed by atoms with E-state index in [0.29, 0.717) is 0 Å². The fourth-order valence-electron chi connectivity index (χ4n) is 3.75. The number of sulfonamides is 1. The van der Waals surface area contributed by atoms with Crippen molar-refractivity contribution in [3.05, 3.63) is 83.0 Å². The summed E-state index contributed by atoms with van der Waals surface area (Å²) in [5, 5.41) is 4.58. The van der Waals surface area contributed by atoms with Crippen LogP contribution in [0.5, 0.6) is 0 Å². The van der Waals surface area contributed by atoms with E-state index in [1.54, 1.807) is 17.5 Å². The summed E-state index contributed by atoms with van der Waals surface area (Å²) in [6.07, 6.45) is 2.67. The van der Waals surface area contributed by atoms with Gasteiger partial charge in [-0.3, -0.25) is 9.10 Å². The zero-order chi connectivity index (χ0) is 21.1. The number of nitrogens with one attached hydrogen (secondary N) is 1. The van der Waals surface area contributed by atoms with Crippen LogP contribution in [0, 0.1) is 5.82 Å². The van der Waals surface area contributed by atoms with Crippen LogP contribution in [-0.2, 0) is 21.2 Å². The minimum absolute atomic E-state index is 0.0570. The van der Waals surface area contributed by atoms with Crippen LogP contribution in [0.2, 0.25) is 0 Å². The van der Waals surface area contributed by atoms with E-state index < -0.39 is 28.3 Å². The van der Waals surface area contributed by atoms with Crippen LogP contribution in [0.25, 0.3) is 0 Å². The summed E-state index contributed by atoms with van der Waals surface area (Å²) < 4.78 is 41.7. The number of para-hydroxylation sites is 1. The maximum Gasteiger partial charge on any atom is 0.274 e. The smallest absolute Gasteiger partial charge is 0.274 e. The van der Waals surface area contributed by atoms with Crippen molar-refractivity contribution in [2.24, 2.45) is 0 Å². The molecule has 0 fully saturated rings.